The van der Waals surface area contributed by atoms with Crippen LogP contribution in [0, 0.1) is 17.3 Å². The van der Waals surface area contributed by atoms with Crippen molar-refractivity contribution in [3.8, 4) is 0 Å². The third-order valence-corrected chi connectivity index (χ3v) is 7.82. The van der Waals surface area contributed by atoms with E-state index in [0.29, 0.717) is 29.6 Å². The van der Waals surface area contributed by atoms with Gasteiger partial charge in [-0.2, -0.15) is 5.10 Å². The zero-order valence-electron chi connectivity index (χ0n) is 17.4. The summed E-state index contributed by atoms with van der Waals surface area (Å²) in [5, 5.41) is 26.1. The van der Waals surface area contributed by atoms with Crippen LogP contribution in [0.2, 0.25) is 5.02 Å². The monoisotopic (exact) mass is 457 g/mol. The molecule has 32 heavy (non-hydrogen) atoms. The number of rotatable bonds is 6. The number of aromatic nitrogens is 2. The van der Waals surface area contributed by atoms with Crippen LogP contribution in [0.25, 0.3) is 0 Å². The van der Waals surface area contributed by atoms with Crippen LogP contribution in [0.5, 0.6) is 0 Å². The molecule has 4 saturated carbocycles. The van der Waals surface area contributed by atoms with Crippen LogP contribution in [0.1, 0.15) is 55.3 Å². The van der Waals surface area contributed by atoms with Crippen molar-refractivity contribution in [3.05, 3.63) is 51.4 Å². The summed E-state index contributed by atoms with van der Waals surface area (Å²) in [4.78, 5) is 35.9. The SMILES string of the molecule is O=C(O)CC12C[C@H]3C[C@@H](C1)CC(n1ncc(Nc4ccc(C(=O)O)cc4)c(Cl)c1=O)(C3)C2. The van der Waals surface area contributed by atoms with Crippen molar-refractivity contribution in [3.63, 3.8) is 0 Å². The van der Waals surface area contributed by atoms with Gasteiger partial charge in [-0.25, -0.2) is 9.48 Å². The van der Waals surface area contributed by atoms with Gasteiger partial charge in [0.25, 0.3) is 5.56 Å². The molecule has 3 N–H and O–H groups in total. The summed E-state index contributed by atoms with van der Waals surface area (Å²) >= 11 is 6.47. The van der Waals surface area contributed by atoms with Gasteiger partial charge in [-0.15, -0.1) is 0 Å². The lowest BCUT2D eigenvalue weighted by atomic mass is 9.46. The Balaban J connectivity index is 1.46. The van der Waals surface area contributed by atoms with E-state index in [1.165, 1.54) is 23.0 Å². The molecule has 4 aliphatic rings. The van der Waals surface area contributed by atoms with Crippen LogP contribution < -0.4 is 10.9 Å². The summed E-state index contributed by atoms with van der Waals surface area (Å²) in [7, 11) is 0. The number of nitrogens with zero attached hydrogens (tertiary/aromatic N) is 2. The second-order valence-electron chi connectivity index (χ2n) is 9.85. The Labute approximate surface area is 189 Å². The highest BCUT2D eigenvalue weighted by molar-refractivity contribution is 6.33. The van der Waals surface area contributed by atoms with Crippen molar-refractivity contribution in [2.75, 3.05) is 5.32 Å². The Morgan fingerprint density at radius 1 is 1.12 bits per heavy atom. The largest absolute Gasteiger partial charge is 0.481 e. The van der Waals surface area contributed by atoms with Gasteiger partial charge in [-0.05, 0) is 80.0 Å². The molecule has 1 heterocycles. The van der Waals surface area contributed by atoms with E-state index < -0.39 is 17.5 Å². The molecule has 1 aromatic heterocycles. The molecular weight excluding hydrogens is 434 g/mol. The van der Waals surface area contributed by atoms with E-state index in [9.17, 15) is 19.5 Å². The zero-order chi connectivity index (χ0) is 22.7. The Morgan fingerprint density at radius 2 is 1.78 bits per heavy atom. The molecule has 0 spiro atoms. The predicted molar refractivity (Wildman–Crippen MR) is 118 cm³/mol. The summed E-state index contributed by atoms with van der Waals surface area (Å²) in [5.74, 6) is -0.980. The highest BCUT2D eigenvalue weighted by Crippen LogP contribution is 2.65. The third-order valence-electron chi connectivity index (χ3n) is 7.46. The van der Waals surface area contributed by atoms with Crippen molar-refractivity contribution < 1.29 is 19.8 Å². The molecule has 4 aliphatic carbocycles. The summed E-state index contributed by atoms with van der Waals surface area (Å²) in [6.45, 7) is 0. The summed E-state index contributed by atoms with van der Waals surface area (Å²) in [6, 6.07) is 6.12. The first kappa shape index (κ1) is 21.0. The van der Waals surface area contributed by atoms with Crippen LogP contribution in [0.4, 0.5) is 11.4 Å². The Kier molecular flexibility index (Phi) is 4.81. The lowest BCUT2D eigenvalue weighted by Gasteiger charge is -2.61. The van der Waals surface area contributed by atoms with Gasteiger partial charge in [0, 0.05) is 5.69 Å². The average Bonchev–Trinajstić information content (AvgIpc) is 2.69. The molecule has 168 valence electrons. The quantitative estimate of drug-likeness (QED) is 0.596. The van der Waals surface area contributed by atoms with Crippen LogP contribution in [-0.2, 0) is 10.3 Å². The second-order valence-corrected chi connectivity index (χ2v) is 10.2. The Bertz CT molecular complexity index is 1150. The first-order chi connectivity index (χ1) is 15.2. The van der Waals surface area contributed by atoms with E-state index >= 15 is 0 Å². The molecule has 2 aromatic rings. The molecule has 0 amide bonds. The topological polar surface area (TPSA) is 122 Å². The van der Waals surface area contributed by atoms with Crippen LogP contribution in [0.3, 0.4) is 0 Å². The number of nitrogens with one attached hydrogen (secondary N) is 1. The predicted octanol–water partition coefficient (Wildman–Crippen LogP) is 4.11. The normalized spacial score (nSPS) is 30.3. The minimum atomic E-state index is -1.02. The molecule has 0 aliphatic heterocycles. The van der Waals surface area contributed by atoms with Gasteiger partial charge >= 0.3 is 11.9 Å². The highest BCUT2D eigenvalue weighted by atomic mass is 35.5. The van der Waals surface area contributed by atoms with Crippen molar-refractivity contribution >= 4 is 34.9 Å². The number of halogens is 1. The van der Waals surface area contributed by atoms with Gasteiger partial charge < -0.3 is 15.5 Å². The van der Waals surface area contributed by atoms with Crippen LogP contribution >= 0.6 is 11.6 Å². The number of anilines is 2. The van der Waals surface area contributed by atoms with Gasteiger partial charge in [0.05, 0.1) is 29.4 Å². The second kappa shape index (κ2) is 7.33. The van der Waals surface area contributed by atoms with E-state index in [-0.39, 0.29) is 28.0 Å². The van der Waals surface area contributed by atoms with Crippen molar-refractivity contribution in [2.45, 2.75) is 50.5 Å². The van der Waals surface area contributed by atoms with Gasteiger partial charge in [0.15, 0.2) is 0 Å². The molecular formula is C23H24ClN3O5. The minimum absolute atomic E-state index is 0.0188. The zero-order valence-corrected chi connectivity index (χ0v) is 18.1. The van der Waals surface area contributed by atoms with Gasteiger partial charge in [0.2, 0.25) is 0 Å². The van der Waals surface area contributed by atoms with E-state index in [0.717, 1.165) is 32.1 Å². The van der Waals surface area contributed by atoms with Crippen molar-refractivity contribution in [2.24, 2.45) is 17.3 Å². The van der Waals surface area contributed by atoms with Crippen LogP contribution in [-0.4, -0.2) is 31.9 Å². The van der Waals surface area contributed by atoms with E-state index in [1.54, 1.807) is 12.1 Å². The minimum Gasteiger partial charge on any atom is -0.481 e. The molecule has 6 rings (SSSR count). The number of aromatic carboxylic acids is 1. The molecule has 2 unspecified atom stereocenters. The fourth-order valence-corrected chi connectivity index (χ4v) is 7.06. The maximum absolute atomic E-state index is 13.3. The summed E-state index contributed by atoms with van der Waals surface area (Å²) < 4.78 is 1.52. The summed E-state index contributed by atoms with van der Waals surface area (Å²) in [5.41, 5.74) is -0.0422. The fourth-order valence-electron chi connectivity index (χ4n) is 6.89. The standard InChI is InChI=1S/C23H24ClN3O5/c24-19-17(26-16-3-1-15(2-4-16)21(31)32)11-25-27(20(19)30)23-8-13-5-14(9-23)7-22(6-13,12-23)10-18(28)29/h1-4,11,13-14,26H,5-10,12H2,(H,28,29)(H,31,32)/t13-,14+,22?,23?. The van der Waals surface area contributed by atoms with Gasteiger partial charge in [0.1, 0.15) is 5.02 Å². The molecule has 4 bridgehead atoms. The number of hydrogen-bond donors (Lipinski definition) is 3. The number of carbonyl (C=O) groups is 2. The molecule has 0 radical (unpaired) electrons. The summed E-state index contributed by atoms with van der Waals surface area (Å²) in [6.07, 6.45) is 6.88. The molecule has 4 fully saturated rings. The van der Waals surface area contributed by atoms with Gasteiger partial charge in [-0.1, -0.05) is 11.6 Å². The third kappa shape index (κ3) is 3.46. The number of benzene rings is 1. The van der Waals surface area contributed by atoms with E-state index in [2.05, 4.69) is 10.4 Å². The van der Waals surface area contributed by atoms with Crippen molar-refractivity contribution in [1.29, 1.82) is 0 Å². The van der Waals surface area contributed by atoms with Crippen molar-refractivity contribution in [1.82, 2.24) is 9.78 Å². The number of aliphatic carboxylic acids is 1. The average molecular weight is 458 g/mol. The Morgan fingerprint density at radius 3 is 2.38 bits per heavy atom. The van der Waals surface area contributed by atoms with E-state index in [1.807, 2.05) is 0 Å². The van der Waals surface area contributed by atoms with Crippen LogP contribution in [0.15, 0.2) is 35.3 Å². The lowest BCUT2D eigenvalue weighted by Crippen LogP contribution is -2.59. The number of hydrogen-bond acceptors (Lipinski definition) is 5. The lowest BCUT2D eigenvalue weighted by molar-refractivity contribution is -0.151. The Hall–Kier alpha value is -2.87. The number of carboxylic acid groups (broad SMARTS) is 2. The molecule has 9 heteroatoms. The molecule has 1 aromatic carbocycles. The maximum atomic E-state index is 13.3. The number of carboxylic acids is 2. The highest BCUT2D eigenvalue weighted by Gasteiger charge is 2.59. The van der Waals surface area contributed by atoms with E-state index in [4.69, 9.17) is 16.7 Å². The molecule has 8 nitrogen and oxygen atoms in total. The molecule has 4 atom stereocenters. The fraction of sp³-hybridized carbons (Fsp3) is 0.478. The first-order valence-electron chi connectivity index (χ1n) is 10.8. The van der Waals surface area contributed by atoms with Gasteiger partial charge in [-0.3, -0.25) is 9.59 Å². The first-order valence-corrected chi connectivity index (χ1v) is 11.2. The molecule has 0 saturated heterocycles. The maximum Gasteiger partial charge on any atom is 0.335 e. The smallest absolute Gasteiger partial charge is 0.335 e.